The minimum atomic E-state index is -0.0163. The first-order chi connectivity index (χ1) is 14.5. The van der Waals surface area contributed by atoms with Crippen molar-refractivity contribution in [3.63, 3.8) is 0 Å². The van der Waals surface area contributed by atoms with Crippen LogP contribution in [-0.4, -0.2) is 35.4 Å². The van der Waals surface area contributed by atoms with E-state index in [4.69, 9.17) is 4.74 Å². The Kier molecular flexibility index (Phi) is 6.07. The summed E-state index contributed by atoms with van der Waals surface area (Å²) < 4.78 is 5.79. The molecule has 2 aromatic carbocycles. The lowest BCUT2D eigenvalue weighted by atomic mass is 10.1. The molecule has 2 saturated carbocycles. The van der Waals surface area contributed by atoms with Crippen LogP contribution < -0.4 is 10.1 Å². The number of benzene rings is 2. The first-order valence-electron chi connectivity index (χ1n) is 10.9. The summed E-state index contributed by atoms with van der Waals surface area (Å²) in [5.41, 5.74) is 2.36. The molecule has 2 aromatic rings. The molecule has 0 spiro atoms. The Hall–Kier alpha value is -2.82. The lowest BCUT2D eigenvalue weighted by Gasteiger charge is -2.23. The Morgan fingerprint density at radius 3 is 2.40 bits per heavy atom. The van der Waals surface area contributed by atoms with Crippen molar-refractivity contribution in [3.8, 4) is 5.75 Å². The zero-order chi connectivity index (χ0) is 21.1. The maximum absolute atomic E-state index is 13.2. The van der Waals surface area contributed by atoms with Crippen molar-refractivity contribution >= 4 is 11.8 Å². The SMILES string of the molecule is CC(C)COc1cccc(C(=O)N(Cc2ccc(C(=O)NC3CC3)cc2)C2CC2)c1. The van der Waals surface area contributed by atoms with Gasteiger partial charge in [0.25, 0.3) is 11.8 Å². The number of nitrogens with zero attached hydrogens (tertiary/aromatic N) is 1. The highest BCUT2D eigenvalue weighted by atomic mass is 16.5. The van der Waals surface area contributed by atoms with Crippen molar-refractivity contribution in [1.82, 2.24) is 10.2 Å². The second kappa shape index (κ2) is 8.90. The molecule has 2 aliphatic rings. The molecule has 4 rings (SSSR count). The summed E-state index contributed by atoms with van der Waals surface area (Å²) in [7, 11) is 0. The molecule has 1 N–H and O–H groups in total. The number of rotatable bonds is 9. The molecule has 30 heavy (non-hydrogen) atoms. The topological polar surface area (TPSA) is 58.6 Å². The number of carbonyl (C=O) groups is 2. The highest BCUT2D eigenvalue weighted by molar-refractivity contribution is 5.95. The van der Waals surface area contributed by atoms with Crippen LogP contribution in [0, 0.1) is 5.92 Å². The first-order valence-corrected chi connectivity index (χ1v) is 10.9. The quantitative estimate of drug-likeness (QED) is 0.671. The Balaban J connectivity index is 1.43. The van der Waals surface area contributed by atoms with E-state index in [1.54, 1.807) is 0 Å². The normalized spacial score (nSPS) is 15.7. The molecule has 0 bridgehead atoms. The van der Waals surface area contributed by atoms with Gasteiger partial charge in [-0.3, -0.25) is 9.59 Å². The van der Waals surface area contributed by atoms with E-state index < -0.39 is 0 Å². The van der Waals surface area contributed by atoms with E-state index in [9.17, 15) is 9.59 Å². The summed E-state index contributed by atoms with van der Waals surface area (Å²) in [4.78, 5) is 27.4. The summed E-state index contributed by atoms with van der Waals surface area (Å²) in [5.74, 6) is 1.18. The third-order valence-electron chi connectivity index (χ3n) is 5.39. The Bertz CT molecular complexity index is 899. The van der Waals surface area contributed by atoms with Gasteiger partial charge < -0.3 is 15.0 Å². The first kappa shape index (κ1) is 20.5. The zero-order valence-electron chi connectivity index (χ0n) is 17.8. The molecular formula is C25H30N2O3. The van der Waals surface area contributed by atoms with Crippen molar-refractivity contribution in [2.24, 2.45) is 5.92 Å². The van der Waals surface area contributed by atoms with Gasteiger partial charge in [-0.05, 0) is 67.5 Å². The summed E-state index contributed by atoms with van der Waals surface area (Å²) in [5, 5.41) is 3.01. The van der Waals surface area contributed by atoms with Crippen LogP contribution in [0.25, 0.3) is 0 Å². The molecule has 2 aliphatic carbocycles. The Morgan fingerprint density at radius 1 is 1.03 bits per heavy atom. The van der Waals surface area contributed by atoms with Gasteiger partial charge in [0.05, 0.1) is 6.61 Å². The maximum Gasteiger partial charge on any atom is 0.254 e. The fourth-order valence-corrected chi connectivity index (χ4v) is 3.36. The highest BCUT2D eigenvalue weighted by Crippen LogP contribution is 2.30. The smallest absolute Gasteiger partial charge is 0.254 e. The number of carbonyl (C=O) groups excluding carboxylic acids is 2. The number of nitrogens with one attached hydrogen (secondary N) is 1. The second-order valence-corrected chi connectivity index (χ2v) is 8.84. The molecule has 2 fully saturated rings. The molecule has 5 heteroatoms. The van der Waals surface area contributed by atoms with Gasteiger partial charge in [-0.15, -0.1) is 0 Å². The van der Waals surface area contributed by atoms with Crippen molar-refractivity contribution in [2.75, 3.05) is 6.61 Å². The summed E-state index contributed by atoms with van der Waals surface area (Å²) >= 11 is 0. The van der Waals surface area contributed by atoms with Gasteiger partial charge in [0.1, 0.15) is 5.75 Å². The standard InChI is InChI=1S/C25H30N2O3/c1-17(2)16-30-23-5-3-4-20(14-23)25(29)27(22-12-13-22)15-18-6-8-19(9-7-18)24(28)26-21-10-11-21/h3-9,14,17,21-22H,10-13,15-16H2,1-2H3,(H,26,28). The molecule has 0 saturated heterocycles. The third kappa shape index (κ3) is 5.41. The molecule has 0 heterocycles. The molecule has 2 amide bonds. The zero-order valence-corrected chi connectivity index (χ0v) is 17.8. The fraction of sp³-hybridized carbons (Fsp3) is 0.440. The van der Waals surface area contributed by atoms with Crippen LogP contribution in [0.15, 0.2) is 48.5 Å². The average Bonchev–Trinajstić information content (AvgIpc) is 3.66. The van der Waals surface area contributed by atoms with E-state index in [0.29, 0.717) is 36.2 Å². The largest absolute Gasteiger partial charge is 0.493 e. The predicted octanol–water partition coefficient (Wildman–Crippen LogP) is 4.42. The van der Waals surface area contributed by atoms with Crippen molar-refractivity contribution in [3.05, 3.63) is 65.2 Å². The Labute approximate surface area is 178 Å². The summed E-state index contributed by atoms with van der Waals surface area (Å²) in [6.07, 6.45) is 4.23. The minimum absolute atomic E-state index is 0.0163. The van der Waals surface area contributed by atoms with Crippen LogP contribution in [0.1, 0.15) is 65.8 Å². The van der Waals surface area contributed by atoms with Crippen LogP contribution in [0.2, 0.25) is 0 Å². The molecule has 0 aromatic heterocycles. The molecular weight excluding hydrogens is 376 g/mol. The Morgan fingerprint density at radius 2 is 1.77 bits per heavy atom. The van der Waals surface area contributed by atoms with E-state index in [2.05, 4.69) is 19.2 Å². The maximum atomic E-state index is 13.2. The van der Waals surface area contributed by atoms with Crippen LogP contribution >= 0.6 is 0 Å². The fourth-order valence-electron chi connectivity index (χ4n) is 3.36. The number of hydrogen-bond donors (Lipinski definition) is 1. The van der Waals surface area contributed by atoms with Crippen LogP contribution in [0.4, 0.5) is 0 Å². The molecule has 0 radical (unpaired) electrons. The van der Waals surface area contributed by atoms with Crippen molar-refractivity contribution < 1.29 is 14.3 Å². The number of ether oxygens (including phenoxy) is 1. The van der Waals surface area contributed by atoms with Gasteiger partial charge in [0, 0.05) is 29.8 Å². The predicted molar refractivity (Wildman–Crippen MR) is 117 cm³/mol. The molecule has 158 valence electrons. The third-order valence-corrected chi connectivity index (χ3v) is 5.39. The number of hydrogen-bond acceptors (Lipinski definition) is 3. The van der Waals surface area contributed by atoms with Gasteiger partial charge in [-0.25, -0.2) is 0 Å². The molecule has 5 nitrogen and oxygen atoms in total. The van der Waals surface area contributed by atoms with Gasteiger partial charge in [0.2, 0.25) is 0 Å². The van der Waals surface area contributed by atoms with Gasteiger partial charge in [-0.2, -0.15) is 0 Å². The molecule has 0 unspecified atom stereocenters. The van der Waals surface area contributed by atoms with E-state index in [-0.39, 0.29) is 17.9 Å². The molecule has 0 aliphatic heterocycles. The van der Waals surface area contributed by atoms with Crippen molar-refractivity contribution in [1.29, 1.82) is 0 Å². The van der Waals surface area contributed by atoms with Crippen LogP contribution in [-0.2, 0) is 6.54 Å². The van der Waals surface area contributed by atoms with Gasteiger partial charge >= 0.3 is 0 Å². The summed E-state index contributed by atoms with van der Waals surface area (Å²) in [6.45, 7) is 5.38. The number of amides is 2. The van der Waals surface area contributed by atoms with E-state index >= 15 is 0 Å². The monoisotopic (exact) mass is 406 g/mol. The summed E-state index contributed by atoms with van der Waals surface area (Å²) in [6, 6.07) is 15.7. The van der Waals surface area contributed by atoms with Crippen LogP contribution in [0.5, 0.6) is 5.75 Å². The highest BCUT2D eigenvalue weighted by Gasteiger charge is 2.33. The van der Waals surface area contributed by atoms with Crippen LogP contribution in [0.3, 0.4) is 0 Å². The lowest BCUT2D eigenvalue weighted by Crippen LogP contribution is -2.32. The van der Waals surface area contributed by atoms with E-state index in [1.807, 2.05) is 53.4 Å². The lowest BCUT2D eigenvalue weighted by molar-refractivity contribution is 0.0729. The van der Waals surface area contributed by atoms with E-state index in [1.165, 1.54) is 0 Å². The molecule has 0 atom stereocenters. The van der Waals surface area contributed by atoms with Crippen molar-refractivity contribution in [2.45, 2.75) is 58.2 Å². The van der Waals surface area contributed by atoms with Gasteiger partial charge in [-0.1, -0.05) is 32.0 Å². The van der Waals surface area contributed by atoms with E-state index in [0.717, 1.165) is 37.0 Å². The minimum Gasteiger partial charge on any atom is -0.493 e. The average molecular weight is 407 g/mol. The van der Waals surface area contributed by atoms with Gasteiger partial charge in [0.15, 0.2) is 0 Å². The second-order valence-electron chi connectivity index (χ2n) is 8.84.